The summed E-state index contributed by atoms with van der Waals surface area (Å²) in [6.07, 6.45) is 1.55. The van der Waals surface area contributed by atoms with E-state index in [1.165, 1.54) is 16.8 Å². The monoisotopic (exact) mass is 392 g/mol. The van der Waals surface area contributed by atoms with Crippen LogP contribution in [0.25, 0.3) is 11.4 Å². The number of aromatic amines is 1. The maximum Gasteiger partial charge on any atom is 0.335 e. The highest BCUT2D eigenvalue weighted by atomic mass is 35.5. The van der Waals surface area contributed by atoms with Crippen molar-refractivity contribution in [3.8, 4) is 11.4 Å². The van der Waals surface area contributed by atoms with Crippen molar-refractivity contribution in [3.63, 3.8) is 0 Å². The Bertz CT molecular complexity index is 1030. The van der Waals surface area contributed by atoms with Gasteiger partial charge in [0.2, 0.25) is 4.77 Å². The number of nitrogens with zero attached hydrogens (tertiary/aromatic N) is 3. The molecule has 0 radical (unpaired) electrons. The topological polar surface area (TPSA) is 83.3 Å². The van der Waals surface area contributed by atoms with E-state index in [2.05, 4.69) is 15.3 Å². The minimum Gasteiger partial charge on any atom is -0.478 e. The zero-order valence-corrected chi connectivity index (χ0v) is 14.8. The van der Waals surface area contributed by atoms with Crippen LogP contribution in [0.1, 0.15) is 15.9 Å². The Morgan fingerprint density at radius 3 is 2.60 bits per heavy atom. The van der Waals surface area contributed by atoms with Crippen LogP contribution in [0.3, 0.4) is 0 Å². The number of nitrogens with one attached hydrogen (secondary N) is 1. The summed E-state index contributed by atoms with van der Waals surface area (Å²) in [5, 5.41) is 21.0. The van der Waals surface area contributed by atoms with Crippen LogP contribution in [0.4, 0.5) is 0 Å². The summed E-state index contributed by atoms with van der Waals surface area (Å²) in [5.74, 6) is -0.551. The van der Waals surface area contributed by atoms with Crippen LogP contribution >= 0.6 is 35.4 Å². The Kier molecular flexibility index (Phi) is 4.98. The number of carboxylic acid groups (broad SMARTS) is 1. The lowest BCUT2D eigenvalue weighted by Gasteiger charge is -2.04. The molecule has 1 heterocycles. The van der Waals surface area contributed by atoms with Gasteiger partial charge in [-0.3, -0.25) is 0 Å². The number of H-pyrrole nitrogens is 1. The maximum atomic E-state index is 10.9. The average Bonchev–Trinajstić information content (AvgIpc) is 2.94. The van der Waals surface area contributed by atoms with Gasteiger partial charge < -0.3 is 5.11 Å². The lowest BCUT2D eigenvalue weighted by atomic mass is 10.1. The van der Waals surface area contributed by atoms with Gasteiger partial charge in [0, 0.05) is 10.6 Å². The van der Waals surface area contributed by atoms with Crippen molar-refractivity contribution in [3.05, 3.63) is 68.4 Å². The van der Waals surface area contributed by atoms with Crippen molar-refractivity contribution in [1.29, 1.82) is 0 Å². The number of aromatic carboxylic acids is 1. The summed E-state index contributed by atoms with van der Waals surface area (Å²) in [6.45, 7) is 0. The van der Waals surface area contributed by atoms with Crippen LogP contribution in [-0.2, 0) is 0 Å². The van der Waals surface area contributed by atoms with Gasteiger partial charge >= 0.3 is 5.97 Å². The second-order valence-electron chi connectivity index (χ2n) is 4.96. The van der Waals surface area contributed by atoms with Crippen molar-refractivity contribution in [2.75, 3.05) is 0 Å². The fourth-order valence-corrected chi connectivity index (χ4v) is 2.75. The molecule has 0 amide bonds. The Hall–Kier alpha value is -2.48. The fraction of sp³-hybridized carbons (Fsp3) is 0. The van der Waals surface area contributed by atoms with E-state index in [0.717, 1.165) is 0 Å². The van der Waals surface area contributed by atoms with Gasteiger partial charge in [-0.05, 0) is 48.1 Å². The first-order valence-corrected chi connectivity index (χ1v) is 8.12. The van der Waals surface area contributed by atoms with Crippen molar-refractivity contribution >= 4 is 47.6 Å². The van der Waals surface area contributed by atoms with Crippen molar-refractivity contribution < 1.29 is 9.90 Å². The van der Waals surface area contributed by atoms with Gasteiger partial charge in [0.1, 0.15) is 0 Å². The van der Waals surface area contributed by atoms with Crippen molar-refractivity contribution in [1.82, 2.24) is 14.9 Å². The number of hydrogen-bond acceptors (Lipinski definition) is 4. The quantitative estimate of drug-likeness (QED) is 0.505. The van der Waals surface area contributed by atoms with E-state index in [9.17, 15) is 4.79 Å². The minimum absolute atomic E-state index is 0.200. The SMILES string of the molecule is O=C(O)c1ccc(/C=N\n2c(-c3ccc(Cl)cc3Cl)n[nH]c2=S)cc1. The van der Waals surface area contributed by atoms with Crippen LogP contribution in [0, 0.1) is 4.77 Å². The number of aromatic nitrogens is 3. The summed E-state index contributed by atoms with van der Waals surface area (Å²) in [5.41, 5.74) is 1.53. The normalized spacial score (nSPS) is 11.1. The number of carboxylic acids is 1. The first-order chi connectivity index (χ1) is 12.0. The molecule has 9 heteroatoms. The largest absolute Gasteiger partial charge is 0.478 e. The molecule has 0 saturated carbocycles. The molecular formula is C16H10Cl2N4O2S. The molecule has 25 heavy (non-hydrogen) atoms. The summed E-state index contributed by atoms with van der Waals surface area (Å²) < 4.78 is 1.72. The number of halogens is 2. The molecular weight excluding hydrogens is 383 g/mol. The van der Waals surface area contributed by atoms with Gasteiger partial charge in [-0.2, -0.15) is 14.9 Å². The van der Waals surface area contributed by atoms with Gasteiger partial charge in [0.05, 0.1) is 16.8 Å². The summed E-state index contributed by atoms with van der Waals surface area (Å²) >= 11 is 17.3. The molecule has 0 atom stereocenters. The molecule has 1 aromatic heterocycles. The number of rotatable bonds is 4. The fourth-order valence-electron chi connectivity index (χ4n) is 2.08. The van der Waals surface area contributed by atoms with Gasteiger partial charge in [0.15, 0.2) is 5.82 Å². The summed E-state index contributed by atoms with van der Waals surface area (Å²) in [4.78, 5) is 10.9. The van der Waals surface area contributed by atoms with Crippen LogP contribution < -0.4 is 0 Å². The summed E-state index contributed by atoms with van der Waals surface area (Å²) in [7, 11) is 0. The Labute approximate surface area is 157 Å². The lowest BCUT2D eigenvalue weighted by Crippen LogP contribution is -1.97. The second-order valence-corrected chi connectivity index (χ2v) is 6.19. The van der Waals surface area contributed by atoms with Gasteiger partial charge in [0.25, 0.3) is 0 Å². The third-order valence-electron chi connectivity index (χ3n) is 3.30. The van der Waals surface area contributed by atoms with E-state index in [-0.39, 0.29) is 5.56 Å². The Morgan fingerprint density at radius 1 is 1.24 bits per heavy atom. The molecule has 0 aliphatic heterocycles. The third-order valence-corrected chi connectivity index (χ3v) is 4.11. The molecule has 3 aromatic rings. The first kappa shape index (κ1) is 17.3. The maximum absolute atomic E-state index is 10.9. The van der Waals surface area contributed by atoms with E-state index in [4.69, 9.17) is 40.5 Å². The molecule has 0 fully saturated rings. The molecule has 2 N–H and O–H groups in total. The molecule has 0 aliphatic carbocycles. The first-order valence-electron chi connectivity index (χ1n) is 6.96. The molecule has 0 spiro atoms. The standard InChI is InChI=1S/C16H10Cl2N4O2S/c17-11-5-6-12(13(18)7-11)14-20-21-16(25)22(14)19-8-9-1-3-10(4-2-9)15(23)24/h1-8H,(H,21,25)(H,23,24)/b19-8-. The van der Waals surface area contributed by atoms with Crippen molar-refractivity contribution in [2.45, 2.75) is 0 Å². The smallest absolute Gasteiger partial charge is 0.335 e. The molecule has 0 bridgehead atoms. The number of hydrogen-bond donors (Lipinski definition) is 2. The van der Waals surface area contributed by atoms with Crippen LogP contribution in [0.2, 0.25) is 10.0 Å². The van der Waals surface area contributed by atoms with E-state index in [1.54, 1.807) is 36.5 Å². The number of benzene rings is 2. The van der Waals surface area contributed by atoms with Gasteiger partial charge in [-0.15, -0.1) is 0 Å². The van der Waals surface area contributed by atoms with Crippen LogP contribution in [-0.4, -0.2) is 32.2 Å². The van der Waals surface area contributed by atoms with Crippen LogP contribution in [0.15, 0.2) is 47.6 Å². The average molecular weight is 393 g/mol. The molecule has 3 rings (SSSR count). The van der Waals surface area contributed by atoms with E-state index in [1.807, 2.05) is 0 Å². The highest BCUT2D eigenvalue weighted by Crippen LogP contribution is 2.29. The van der Waals surface area contributed by atoms with Crippen LogP contribution in [0.5, 0.6) is 0 Å². The lowest BCUT2D eigenvalue weighted by molar-refractivity contribution is 0.0697. The van der Waals surface area contributed by atoms with Gasteiger partial charge in [-0.25, -0.2) is 9.89 Å². The molecule has 0 saturated heterocycles. The number of carbonyl (C=O) groups is 1. The van der Waals surface area contributed by atoms with E-state index < -0.39 is 5.97 Å². The highest BCUT2D eigenvalue weighted by molar-refractivity contribution is 7.71. The predicted molar refractivity (Wildman–Crippen MR) is 99.3 cm³/mol. The minimum atomic E-state index is -0.986. The Morgan fingerprint density at radius 2 is 1.96 bits per heavy atom. The zero-order chi connectivity index (χ0) is 18.0. The molecule has 126 valence electrons. The highest BCUT2D eigenvalue weighted by Gasteiger charge is 2.12. The van der Waals surface area contributed by atoms with Crippen molar-refractivity contribution in [2.24, 2.45) is 5.10 Å². The Balaban J connectivity index is 1.97. The van der Waals surface area contributed by atoms with Gasteiger partial charge in [-0.1, -0.05) is 35.3 Å². The molecule has 0 aliphatic rings. The third kappa shape index (κ3) is 3.79. The van der Waals surface area contributed by atoms with E-state index >= 15 is 0 Å². The molecule has 6 nitrogen and oxygen atoms in total. The molecule has 0 unspecified atom stereocenters. The zero-order valence-electron chi connectivity index (χ0n) is 12.5. The molecule has 2 aromatic carbocycles. The second kappa shape index (κ2) is 7.18. The van der Waals surface area contributed by atoms with E-state index in [0.29, 0.717) is 31.8 Å². The predicted octanol–water partition coefficient (Wildman–Crippen LogP) is 4.49. The summed E-state index contributed by atoms with van der Waals surface area (Å²) in [6, 6.07) is 11.3.